The number of nitrogens with one attached hydrogen (secondary N) is 2. The summed E-state index contributed by atoms with van der Waals surface area (Å²) in [6.45, 7) is 2.12. The van der Waals surface area contributed by atoms with E-state index in [4.69, 9.17) is 4.74 Å². The fourth-order valence-electron chi connectivity index (χ4n) is 1.65. The van der Waals surface area contributed by atoms with E-state index in [0.717, 1.165) is 13.2 Å². The average molecular weight is 261 g/mol. The molecule has 2 N–H and O–H groups in total. The fraction of sp³-hybridized carbons (Fsp3) is 0.600. The average Bonchev–Trinajstić information content (AvgIpc) is 2.65. The summed E-state index contributed by atoms with van der Waals surface area (Å²) in [7, 11) is 1.81. The summed E-state index contributed by atoms with van der Waals surface area (Å²) in [5.74, 6) is 0.547. The van der Waals surface area contributed by atoms with Crippen LogP contribution in [0.4, 0.5) is 5.82 Å². The summed E-state index contributed by atoms with van der Waals surface area (Å²) in [6, 6.07) is 1.88. The molecule has 0 bridgehead atoms. The van der Waals surface area contributed by atoms with E-state index in [9.17, 15) is 4.79 Å². The number of rotatable bonds is 3. The standard InChI is InChI=1S/C10H16N4O2.ClH/c1-14-4-2-9(13-14)12-10(15)6-8-7-16-5-3-11-8;/h2,4,8,11H,3,5-7H2,1H3,(H,12,13,15);1H. The lowest BCUT2D eigenvalue weighted by Crippen LogP contribution is -2.43. The highest BCUT2D eigenvalue weighted by Crippen LogP contribution is 2.04. The second-order valence-corrected chi connectivity index (χ2v) is 3.85. The molecule has 1 aliphatic heterocycles. The molecule has 1 saturated heterocycles. The lowest BCUT2D eigenvalue weighted by molar-refractivity contribution is -0.117. The molecule has 0 saturated carbocycles. The molecule has 0 aromatic carbocycles. The maximum atomic E-state index is 11.6. The van der Waals surface area contributed by atoms with E-state index in [-0.39, 0.29) is 24.4 Å². The van der Waals surface area contributed by atoms with Crippen LogP contribution in [0.15, 0.2) is 12.3 Å². The van der Waals surface area contributed by atoms with Crippen LogP contribution in [0.3, 0.4) is 0 Å². The first-order chi connectivity index (χ1) is 7.74. The summed E-state index contributed by atoms with van der Waals surface area (Å²) in [6.07, 6.45) is 2.20. The van der Waals surface area contributed by atoms with Crippen LogP contribution in [0.1, 0.15) is 6.42 Å². The Morgan fingerprint density at radius 1 is 1.76 bits per heavy atom. The normalized spacial score (nSPS) is 19.5. The predicted molar refractivity (Wildman–Crippen MR) is 66.3 cm³/mol. The highest BCUT2D eigenvalue weighted by molar-refractivity contribution is 5.90. The number of ether oxygens (including phenoxy) is 1. The van der Waals surface area contributed by atoms with E-state index in [2.05, 4.69) is 15.7 Å². The van der Waals surface area contributed by atoms with Crippen molar-refractivity contribution in [1.29, 1.82) is 0 Å². The van der Waals surface area contributed by atoms with E-state index in [0.29, 0.717) is 18.8 Å². The summed E-state index contributed by atoms with van der Waals surface area (Å²) < 4.78 is 6.93. The number of carbonyl (C=O) groups is 1. The largest absolute Gasteiger partial charge is 0.378 e. The lowest BCUT2D eigenvalue weighted by Gasteiger charge is -2.22. The maximum absolute atomic E-state index is 11.6. The van der Waals surface area contributed by atoms with Gasteiger partial charge in [0.05, 0.1) is 13.2 Å². The van der Waals surface area contributed by atoms with Gasteiger partial charge >= 0.3 is 0 Å². The van der Waals surface area contributed by atoms with E-state index in [1.54, 1.807) is 16.9 Å². The van der Waals surface area contributed by atoms with E-state index < -0.39 is 0 Å². The molecule has 0 spiro atoms. The zero-order valence-electron chi connectivity index (χ0n) is 9.68. The van der Waals surface area contributed by atoms with E-state index >= 15 is 0 Å². The van der Waals surface area contributed by atoms with Crippen LogP contribution in [0.2, 0.25) is 0 Å². The molecule has 2 rings (SSSR count). The van der Waals surface area contributed by atoms with Gasteiger partial charge in [-0.15, -0.1) is 12.4 Å². The van der Waals surface area contributed by atoms with Crippen molar-refractivity contribution in [1.82, 2.24) is 15.1 Å². The van der Waals surface area contributed by atoms with Crippen LogP contribution >= 0.6 is 12.4 Å². The number of carbonyl (C=O) groups excluding carboxylic acids is 1. The third-order valence-electron chi connectivity index (χ3n) is 2.41. The SMILES string of the molecule is Cl.Cn1ccc(NC(=O)CC2COCCN2)n1. The van der Waals surface area contributed by atoms with Crippen LogP contribution in [0.25, 0.3) is 0 Å². The van der Waals surface area contributed by atoms with Gasteiger partial charge in [-0.25, -0.2) is 0 Å². The Labute approximate surface area is 106 Å². The topological polar surface area (TPSA) is 68.2 Å². The van der Waals surface area contributed by atoms with Crippen molar-refractivity contribution < 1.29 is 9.53 Å². The number of halogens is 1. The summed E-state index contributed by atoms with van der Waals surface area (Å²) in [5.41, 5.74) is 0. The molecule has 1 amide bonds. The molecule has 6 nitrogen and oxygen atoms in total. The molecule has 96 valence electrons. The zero-order chi connectivity index (χ0) is 11.4. The van der Waals surface area contributed by atoms with Gasteiger partial charge in [0, 0.05) is 38.3 Å². The highest BCUT2D eigenvalue weighted by atomic mass is 35.5. The summed E-state index contributed by atoms with van der Waals surface area (Å²) >= 11 is 0. The monoisotopic (exact) mass is 260 g/mol. The van der Waals surface area contributed by atoms with Crippen LogP contribution in [-0.4, -0.2) is 41.5 Å². The predicted octanol–water partition coefficient (Wildman–Crippen LogP) is 0.159. The first-order valence-corrected chi connectivity index (χ1v) is 5.34. The number of aromatic nitrogens is 2. The molecule has 1 unspecified atom stereocenters. The van der Waals surface area contributed by atoms with Gasteiger partial charge in [-0.2, -0.15) is 5.10 Å². The molecule has 1 atom stereocenters. The quantitative estimate of drug-likeness (QED) is 0.812. The van der Waals surface area contributed by atoms with Crippen molar-refractivity contribution in [2.75, 3.05) is 25.1 Å². The molecule has 7 heteroatoms. The van der Waals surface area contributed by atoms with Gasteiger partial charge in [-0.05, 0) is 0 Å². The molecule has 17 heavy (non-hydrogen) atoms. The Balaban J connectivity index is 0.00000144. The van der Waals surface area contributed by atoms with Gasteiger partial charge < -0.3 is 15.4 Å². The molecular formula is C10H17ClN4O2. The molecular weight excluding hydrogens is 244 g/mol. The van der Waals surface area contributed by atoms with Crippen molar-refractivity contribution in [3.63, 3.8) is 0 Å². The van der Waals surface area contributed by atoms with Crippen LogP contribution < -0.4 is 10.6 Å². The Hall–Kier alpha value is -1.11. The second-order valence-electron chi connectivity index (χ2n) is 3.85. The van der Waals surface area contributed by atoms with Gasteiger partial charge in [0.1, 0.15) is 0 Å². The second kappa shape index (κ2) is 6.58. The first-order valence-electron chi connectivity index (χ1n) is 5.34. The molecule has 0 aliphatic carbocycles. The lowest BCUT2D eigenvalue weighted by atomic mass is 10.2. The van der Waals surface area contributed by atoms with Crippen molar-refractivity contribution in [2.45, 2.75) is 12.5 Å². The number of aryl methyl sites for hydroxylation is 1. The number of nitrogens with zero attached hydrogens (tertiary/aromatic N) is 2. The minimum absolute atomic E-state index is 0. The third kappa shape index (κ3) is 4.33. The molecule has 1 aromatic heterocycles. The van der Waals surface area contributed by atoms with Crippen molar-refractivity contribution in [3.05, 3.63) is 12.3 Å². The molecule has 0 radical (unpaired) electrons. The van der Waals surface area contributed by atoms with Gasteiger partial charge in [0.2, 0.25) is 5.91 Å². The van der Waals surface area contributed by atoms with Gasteiger partial charge in [-0.3, -0.25) is 9.48 Å². The molecule has 2 heterocycles. The molecule has 1 aromatic rings. The number of hydrogen-bond donors (Lipinski definition) is 2. The number of morpholine rings is 1. The minimum Gasteiger partial charge on any atom is -0.378 e. The van der Waals surface area contributed by atoms with Crippen LogP contribution in [0, 0.1) is 0 Å². The Kier molecular flexibility index (Phi) is 5.40. The van der Waals surface area contributed by atoms with Crippen molar-refractivity contribution >= 4 is 24.1 Å². The smallest absolute Gasteiger partial charge is 0.227 e. The Morgan fingerprint density at radius 2 is 2.59 bits per heavy atom. The van der Waals surface area contributed by atoms with E-state index in [1.165, 1.54) is 0 Å². The number of hydrogen-bond acceptors (Lipinski definition) is 4. The fourth-order valence-corrected chi connectivity index (χ4v) is 1.65. The third-order valence-corrected chi connectivity index (χ3v) is 2.41. The minimum atomic E-state index is -0.0401. The van der Waals surface area contributed by atoms with Gasteiger partial charge in [0.15, 0.2) is 5.82 Å². The highest BCUT2D eigenvalue weighted by Gasteiger charge is 2.17. The summed E-state index contributed by atoms with van der Waals surface area (Å²) in [5, 5.41) is 10.0. The van der Waals surface area contributed by atoms with Crippen LogP contribution in [0.5, 0.6) is 0 Å². The Bertz CT molecular complexity index is 363. The molecule has 1 fully saturated rings. The van der Waals surface area contributed by atoms with Crippen LogP contribution in [-0.2, 0) is 16.6 Å². The maximum Gasteiger partial charge on any atom is 0.227 e. The van der Waals surface area contributed by atoms with Crippen molar-refractivity contribution in [2.24, 2.45) is 7.05 Å². The van der Waals surface area contributed by atoms with E-state index in [1.807, 2.05) is 7.05 Å². The van der Waals surface area contributed by atoms with Gasteiger partial charge in [-0.1, -0.05) is 0 Å². The summed E-state index contributed by atoms with van der Waals surface area (Å²) in [4.78, 5) is 11.6. The first kappa shape index (κ1) is 14.0. The molecule has 1 aliphatic rings. The number of anilines is 1. The number of amides is 1. The zero-order valence-corrected chi connectivity index (χ0v) is 10.5. The van der Waals surface area contributed by atoms with Crippen molar-refractivity contribution in [3.8, 4) is 0 Å². The van der Waals surface area contributed by atoms with Gasteiger partial charge in [0.25, 0.3) is 0 Å². The Morgan fingerprint density at radius 3 is 3.18 bits per heavy atom.